The van der Waals surface area contributed by atoms with Gasteiger partial charge in [0.2, 0.25) is 5.91 Å². The first-order valence-corrected chi connectivity index (χ1v) is 9.15. The van der Waals surface area contributed by atoms with Gasteiger partial charge in [-0.25, -0.2) is 8.42 Å². The maximum absolute atomic E-state index is 12.5. The lowest BCUT2D eigenvalue weighted by Crippen LogP contribution is -2.37. The molecular formula is C16H15ClN2O5S. The van der Waals surface area contributed by atoms with Crippen LogP contribution in [0.15, 0.2) is 53.4 Å². The lowest BCUT2D eigenvalue weighted by Gasteiger charge is -2.13. The monoisotopic (exact) mass is 382 g/mol. The zero-order chi connectivity index (χ0) is 18.6. The maximum atomic E-state index is 12.5. The average Bonchev–Trinajstić information content (AvgIpc) is 2.59. The van der Waals surface area contributed by atoms with Gasteiger partial charge in [-0.3, -0.25) is 14.9 Å². The summed E-state index contributed by atoms with van der Waals surface area (Å²) in [4.78, 5) is 22.0. The van der Waals surface area contributed by atoms with E-state index in [4.69, 9.17) is 11.6 Å². The number of nitrogens with zero attached hydrogens (tertiary/aromatic N) is 1. The molecule has 0 saturated heterocycles. The van der Waals surface area contributed by atoms with Crippen LogP contribution in [0.3, 0.4) is 0 Å². The summed E-state index contributed by atoms with van der Waals surface area (Å²) < 4.78 is 24.9. The fourth-order valence-electron chi connectivity index (χ4n) is 2.08. The molecule has 1 N–H and O–H groups in total. The van der Waals surface area contributed by atoms with E-state index in [0.717, 1.165) is 29.8 Å². The Balaban J connectivity index is 2.10. The Morgan fingerprint density at radius 2 is 1.88 bits per heavy atom. The minimum atomic E-state index is -3.95. The minimum Gasteiger partial charge on any atom is -0.351 e. The zero-order valence-corrected chi connectivity index (χ0v) is 14.8. The number of nitrogens with one attached hydrogen (secondary N) is 1. The summed E-state index contributed by atoms with van der Waals surface area (Å²) in [6.07, 6.45) is 0. The molecule has 9 heteroatoms. The van der Waals surface area contributed by atoms with Gasteiger partial charge in [-0.05, 0) is 36.8 Å². The number of carbonyl (C=O) groups is 1. The first kappa shape index (κ1) is 18.9. The fourth-order valence-corrected chi connectivity index (χ4v) is 3.58. The molecule has 2 rings (SSSR count). The molecule has 132 valence electrons. The van der Waals surface area contributed by atoms with E-state index in [2.05, 4.69) is 5.32 Å². The molecule has 0 fully saturated rings. The van der Waals surface area contributed by atoms with Crippen LogP contribution in [0.2, 0.25) is 5.02 Å². The largest absolute Gasteiger partial charge is 0.351 e. The second-order valence-electron chi connectivity index (χ2n) is 5.29. The smallest absolute Gasteiger partial charge is 0.269 e. The molecule has 0 aliphatic rings. The van der Waals surface area contributed by atoms with Crippen LogP contribution in [-0.2, 0) is 21.2 Å². The van der Waals surface area contributed by atoms with E-state index in [1.54, 1.807) is 24.3 Å². The Morgan fingerprint density at radius 1 is 1.24 bits per heavy atom. The molecule has 0 unspecified atom stereocenters. The minimum absolute atomic E-state index is 0.138. The molecule has 0 aliphatic carbocycles. The number of hydrogen-bond acceptors (Lipinski definition) is 5. The number of halogens is 1. The van der Waals surface area contributed by atoms with Crippen LogP contribution in [-0.4, -0.2) is 24.5 Å². The van der Waals surface area contributed by atoms with Gasteiger partial charge >= 0.3 is 0 Å². The Labute approximate surface area is 149 Å². The van der Waals surface area contributed by atoms with E-state index in [0.29, 0.717) is 5.02 Å². The summed E-state index contributed by atoms with van der Waals surface area (Å²) in [5, 5.41) is 12.3. The summed E-state index contributed by atoms with van der Waals surface area (Å²) in [6, 6.07) is 11.2. The third-order valence-electron chi connectivity index (χ3n) is 3.57. The van der Waals surface area contributed by atoms with E-state index in [1.807, 2.05) is 0 Å². The van der Waals surface area contributed by atoms with E-state index in [-0.39, 0.29) is 17.1 Å². The van der Waals surface area contributed by atoms with Crippen molar-refractivity contribution in [3.63, 3.8) is 0 Å². The summed E-state index contributed by atoms with van der Waals surface area (Å²) in [5.41, 5.74) is 0.512. The van der Waals surface area contributed by atoms with Crippen LogP contribution in [0.5, 0.6) is 0 Å². The van der Waals surface area contributed by atoms with Crippen LogP contribution in [0.25, 0.3) is 0 Å². The molecule has 1 atom stereocenters. The summed E-state index contributed by atoms with van der Waals surface area (Å²) in [7, 11) is -3.95. The van der Waals surface area contributed by atoms with Crippen molar-refractivity contribution >= 4 is 33.0 Å². The Kier molecular flexibility index (Phi) is 5.76. The number of hydrogen-bond donors (Lipinski definition) is 1. The summed E-state index contributed by atoms with van der Waals surface area (Å²) in [5.74, 6) is -0.668. The van der Waals surface area contributed by atoms with Crippen molar-refractivity contribution in [2.75, 3.05) is 0 Å². The van der Waals surface area contributed by atoms with Gasteiger partial charge in [-0.15, -0.1) is 0 Å². The second-order valence-corrected chi connectivity index (χ2v) is 7.99. The average molecular weight is 383 g/mol. The van der Waals surface area contributed by atoms with Gasteiger partial charge in [0.1, 0.15) is 5.25 Å². The molecular weight excluding hydrogens is 368 g/mol. The number of non-ortho nitro benzene ring substituents is 1. The van der Waals surface area contributed by atoms with Gasteiger partial charge in [0.25, 0.3) is 5.69 Å². The Bertz CT molecular complexity index is 897. The zero-order valence-electron chi connectivity index (χ0n) is 13.2. The van der Waals surface area contributed by atoms with Crippen LogP contribution in [0.1, 0.15) is 12.5 Å². The van der Waals surface area contributed by atoms with Crippen LogP contribution in [0, 0.1) is 10.1 Å². The quantitative estimate of drug-likeness (QED) is 0.610. The third kappa shape index (κ3) is 4.55. The fraction of sp³-hybridized carbons (Fsp3) is 0.188. The highest BCUT2D eigenvalue weighted by Crippen LogP contribution is 2.20. The van der Waals surface area contributed by atoms with Crippen molar-refractivity contribution in [3.05, 3.63) is 69.2 Å². The molecule has 2 aromatic rings. The first-order valence-electron chi connectivity index (χ1n) is 7.22. The van der Waals surface area contributed by atoms with Gasteiger partial charge in [-0.1, -0.05) is 23.7 Å². The second kappa shape index (κ2) is 7.62. The van der Waals surface area contributed by atoms with Gasteiger partial charge in [-0.2, -0.15) is 0 Å². The first-order chi connectivity index (χ1) is 11.7. The van der Waals surface area contributed by atoms with E-state index < -0.39 is 25.9 Å². The number of rotatable bonds is 6. The number of nitro groups is 1. The van der Waals surface area contributed by atoms with Crippen molar-refractivity contribution in [1.82, 2.24) is 5.32 Å². The normalized spacial score (nSPS) is 12.4. The van der Waals surface area contributed by atoms with Crippen molar-refractivity contribution < 1.29 is 18.1 Å². The van der Waals surface area contributed by atoms with E-state index in [1.165, 1.54) is 6.92 Å². The molecule has 0 saturated carbocycles. The highest BCUT2D eigenvalue weighted by molar-refractivity contribution is 7.92. The molecule has 0 spiro atoms. The van der Waals surface area contributed by atoms with Crippen molar-refractivity contribution in [2.24, 2.45) is 0 Å². The highest BCUT2D eigenvalue weighted by Gasteiger charge is 2.30. The van der Waals surface area contributed by atoms with Crippen LogP contribution in [0.4, 0.5) is 5.69 Å². The maximum Gasteiger partial charge on any atom is 0.269 e. The SMILES string of the molecule is C[C@@H](C(=O)NCc1cccc(Cl)c1)S(=O)(=O)c1ccc([N+](=O)[O-])cc1. The number of nitro benzene ring substituents is 1. The third-order valence-corrected chi connectivity index (χ3v) is 5.88. The van der Waals surface area contributed by atoms with Gasteiger partial charge < -0.3 is 5.32 Å². The molecule has 25 heavy (non-hydrogen) atoms. The molecule has 0 radical (unpaired) electrons. The molecule has 0 aromatic heterocycles. The topological polar surface area (TPSA) is 106 Å². The van der Waals surface area contributed by atoms with E-state index >= 15 is 0 Å². The number of sulfone groups is 1. The lowest BCUT2D eigenvalue weighted by atomic mass is 10.2. The number of benzene rings is 2. The van der Waals surface area contributed by atoms with E-state index in [9.17, 15) is 23.3 Å². The summed E-state index contributed by atoms with van der Waals surface area (Å²) in [6.45, 7) is 1.41. The van der Waals surface area contributed by atoms with Crippen molar-refractivity contribution in [2.45, 2.75) is 23.6 Å². The van der Waals surface area contributed by atoms with Crippen LogP contribution >= 0.6 is 11.6 Å². The molecule has 0 aliphatic heterocycles. The van der Waals surface area contributed by atoms with Crippen molar-refractivity contribution in [1.29, 1.82) is 0 Å². The Morgan fingerprint density at radius 3 is 2.44 bits per heavy atom. The lowest BCUT2D eigenvalue weighted by molar-refractivity contribution is -0.384. The van der Waals surface area contributed by atoms with Crippen LogP contribution < -0.4 is 5.32 Å². The van der Waals surface area contributed by atoms with Gasteiger partial charge in [0.05, 0.1) is 9.82 Å². The number of carbonyl (C=O) groups excluding carboxylic acids is 1. The molecule has 1 amide bonds. The standard InChI is InChI=1S/C16H15ClN2O5S/c1-11(16(20)18-10-12-3-2-4-13(17)9-12)25(23,24)15-7-5-14(6-8-15)19(21)22/h2-9,11H,10H2,1H3,(H,18,20)/t11-/m0/s1. The van der Waals surface area contributed by atoms with Gasteiger partial charge in [0.15, 0.2) is 9.84 Å². The van der Waals surface area contributed by atoms with Crippen molar-refractivity contribution in [3.8, 4) is 0 Å². The molecule has 7 nitrogen and oxygen atoms in total. The predicted octanol–water partition coefficient (Wildman–Crippen LogP) is 2.73. The number of amides is 1. The van der Waals surface area contributed by atoms with Gasteiger partial charge in [0, 0.05) is 23.7 Å². The highest BCUT2D eigenvalue weighted by atomic mass is 35.5. The predicted molar refractivity (Wildman–Crippen MR) is 93.0 cm³/mol. The molecule has 2 aromatic carbocycles. The molecule has 0 bridgehead atoms. The Hall–Kier alpha value is -2.45. The summed E-state index contributed by atoms with van der Waals surface area (Å²) >= 11 is 5.85. The molecule has 0 heterocycles.